The Bertz CT molecular complexity index is 950. The smallest absolute Gasteiger partial charge is 0.272 e. The number of nitrogens with zero attached hydrogens (tertiary/aromatic N) is 2. The molecule has 2 amide bonds. The lowest BCUT2D eigenvalue weighted by Gasteiger charge is -2.29. The van der Waals surface area contributed by atoms with Crippen LogP contribution in [0.15, 0.2) is 18.2 Å². The van der Waals surface area contributed by atoms with Gasteiger partial charge in [-0.25, -0.2) is 13.5 Å². The average molecular weight is 406 g/mol. The molecule has 0 aliphatic carbocycles. The second-order valence-electron chi connectivity index (χ2n) is 7.97. The van der Waals surface area contributed by atoms with Crippen LogP contribution in [0.3, 0.4) is 0 Å². The summed E-state index contributed by atoms with van der Waals surface area (Å²) in [4.78, 5) is 25.3. The fraction of sp³-hybridized carbons (Fsp3) is 0.450. The summed E-state index contributed by atoms with van der Waals surface area (Å²) >= 11 is 0. The third kappa shape index (κ3) is 4.14. The van der Waals surface area contributed by atoms with Gasteiger partial charge in [0.1, 0.15) is 6.04 Å². The van der Waals surface area contributed by atoms with Gasteiger partial charge < -0.3 is 15.4 Å². The van der Waals surface area contributed by atoms with E-state index < -0.39 is 29.0 Å². The topological polar surface area (TPSA) is 85.3 Å². The highest BCUT2D eigenvalue weighted by Crippen LogP contribution is 2.26. The number of carbonyl (C=O) groups excluding carboxylic acids is 2. The fourth-order valence-electron chi connectivity index (χ4n) is 3.27. The molecule has 0 bridgehead atoms. The van der Waals surface area contributed by atoms with Crippen molar-refractivity contribution < 1.29 is 23.1 Å². The van der Waals surface area contributed by atoms with E-state index in [2.05, 4.69) is 15.7 Å². The molecule has 1 unspecified atom stereocenters. The zero-order valence-corrected chi connectivity index (χ0v) is 16.8. The van der Waals surface area contributed by atoms with Crippen LogP contribution in [0.2, 0.25) is 0 Å². The Morgan fingerprint density at radius 2 is 1.97 bits per heavy atom. The lowest BCUT2D eigenvalue weighted by atomic mass is 9.86. The van der Waals surface area contributed by atoms with Crippen LogP contribution in [0.1, 0.15) is 42.5 Å². The van der Waals surface area contributed by atoms with Crippen LogP contribution in [-0.2, 0) is 22.6 Å². The second-order valence-corrected chi connectivity index (χ2v) is 7.97. The van der Waals surface area contributed by atoms with Gasteiger partial charge in [-0.15, -0.1) is 0 Å². The molecule has 156 valence electrons. The van der Waals surface area contributed by atoms with E-state index in [0.29, 0.717) is 30.0 Å². The molecule has 2 heterocycles. The predicted molar refractivity (Wildman–Crippen MR) is 102 cm³/mol. The third-order valence-corrected chi connectivity index (χ3v) is 4.83. The molecule has 2 N–H and O–H groups in total. The normalized spacial score (nSPS) is 14.8. The molecule has 0 saturated carbocycles. The Morgan fingerprint density at radius 1 is 1.24 bits per heavy atom. The number of carbonyl (C=O) groups is 2. The minimum atomic E-state index is -1.00. The fourth-order valence-corrected chi connectivity index (χ4v) is 3.27. The van der Waals surface area contributed by atoms with Gasteiger partial charge in [0.25, 0.3) is 5.91 Å². The van der Waals surface area contributed by atoms with Gasteiger partial charge in [0.15, 0.2) is 17.3 Å². The van der Waals surface area contributed by atoms with E-state index in [1.54, 1.807) is 0 Å². The summed E-state index contributed by atoms with van der Waals surface area (Å²) in [6.45, 7) is 6.11. The Morgan fingerprint density at radius 3 is 2.59 bits per heavy atom. The number of nitrogens with one attached hydrogen (secondary N) is 2. The van der Waals surface area contributed by atoms with Crippen molar-refractivity contribution in [3.63, 3.8) is 0 Å². The molecule has 0 radical (unpaired) electrons. The number of ether oxygens (including phenoxy) is 1. The van der Waals surface area contributed by atoms with Crippen LogP contribution in [0.25, 0.3) is 5.69 Å². The van der Waals surface area contributed by atoms with E-state index in [9.17, 15) is 18.4 Å². The minimum Gasteiger partial charge on any atom is -0.376 e. The maximum atomic E-state index is 13.7. The standard InChI is InChI=1S/C20H24F2N4O3/c1-20(2,3)17(19(28)23-4)24-18(27)16-12-10-29-8-7-15(12)26(25-16)11-5-6-13(21)14(22)9-11/h5-6,9,17H,7-8,10H2,1-4H3,(H,23,28)(H,24,27). The largest absolute Gasteiger partial charge is 0.376 e. The Hall–Kier alpha value is -2.81. The first-order valence-electron chi connectivity index (χ1n) is 9.30. The van der Waals surface area contributed by atoms with Crippen LogP contribution in [0.4, 0.5) is 8.78 Å². The first-order chi connectivity index (χ1) is 13.6. The molecule has 0 fully saturated rings. The summed E-state index contributed by atoms with van der Waals surface area (Å²) in [5.74, 6) is -2.82. The van der Waals surface area contributed by atoms with Crippen LogP contribution in [0.5, 0.6) is 0 Å². The second kappa shape index (κ2) is 7.90. The predicted octanol–water partition coefficient (Wildman–Crippen LogP) is 2.11. The van der Waals surface area contributed by atoms with E-state index in [1.165, 1.54) is 17.8 Å². The van der Waals surface area contributed by atoms with Gasteiger partial charge in [0.05, 0.1) is 24.6 Å². The molecule has 9 heteroatoms. The molecule has 29 heavy (non-hydrogen) atoms. The molecule has 1 atom stereocenters. The summed E-state index contributed by atoms with van der Waals surface area (Å²) in [5, 5.41) is 9.65. The molecule has 1 aromatic heterocycles. The van der Waals surface area contributed by atoms with Crippen molar-refractivity contribution in [3.8, 4) is 5.69 Å². The SMILES string of the molecule is CNC(=O)C(NC(=O)c1nn(-c2ccc(F)c(F)c2)c2c1COCC2)C(C)(C)C. The number of fused-ring (bicyclic) bond motifs is 1. The number of hydrogen-bond acceptors (Lipinski definition) is 4. The van der Waals surface area contributed by atoms with Crippen molar-refractivity contribution in [2.75, 3.05) is 13.7 Å². The Balaban J connectivity index is 2.01. The summed E-state index contributed by atoms with van der Waals surface area (Å²) in [5.41, 5.74) is 1.14. The number of amides is 2. The van der Waals surface area contributed by atoms with Gasteiger partial charge in [-0.05, 0) is 17.5 Å². The summed E-state index contributed by atoms with van der Waals surface area (Å²) in [7, 11) is 1.50. The number of hydrogen-bond donors (Lipinski definition) is 2. The minimum absolute atomic E-state index is 0.0996. The van der Waals surface area contributed by atoms with Gasteiger partial charge >= 0.3 is 0 Å². The number of likely N-dealkylation sites (N-methyl/N-ethyl adjacent to an activating group) is 1. The molecule has 7 nitrogen and oxygen atoms in total. The number of rotatable bonds is 4. The van der Waals surface area contributed by atoms with Crippen molar-refractivity contribution in [3.05, 3.63) is 46.8 Å². The quantitative estimate of drug-likeness (QED) is 0.815. The molecular formula is C20H24F2N4O3. The lowest BCUT2D eigenvalue weighted by molar-refractivity contribution is -0.124. The van der Waals surface area contributed by atoms with Gasteiger partial charge in [0.2, 0.25) is 5.91 Å². The maximum absolute atomic E-state index is 13.7. The zero-order valence-electron chi connectivity index (χ0n) is 16.8. The first-order valence-corrected chi connectivity index (χ1v) is 9.30. The van der Waals surface area contributed by atoms with Crippen molar-refractivity contribution in [1.29, 1.82) is 0 Å². The van der Waals surface area contributed by atoms with Crippen LogP contribution >= 0.6 is 0 Å². The molecule has 1 aromatic carbocycles. The average Bonchev–Trinajstić information content (AvgIpc) is 3.06. The van der Waals surface area contributed by atoms with Crippen LogP contribution < -0.4 is 10.6 Å². The van der Waals surface area contributed by atoms with E-state index in [0.717, 1.165) is 12.1 Å². The number of aromatic nitrogens is 2. The molecule has 1 aliphatic rings. The highest BCUT2D eigenvalue weighted by atomic mass is 19.2. The summed E-state index contributed by atoms with van der Waals surface area (Å²) in [6, 6.07) is 2.65. The van der Waals surface area contributed by atoms with Gasteiger partial charge in [-0.2, -0.15) is 5.10 Å². The molecule has 3 rings (SSSR count). The van der Waals surface area contributed by atoms with Crippen molar-refractivity contribution >= 4 is 11.8 Å². The Labute approximate surface area is 167 Å². The molecular weight excluding hydrogens is 382 g/mol. The number of benzene rings is 1. The highest BCUT2D eigenvalue weighted by Gasteiger charge is 2.34. The zero-order chi connectivity index (χ0) is 21.3. The molecule has 1 aliphatic heterocycles. The van der Waals surface area contributed by atoms with Crippen molar-refractivity contribution in [2.45, 2.75) is 39.8 Å². The third-order valence-electron chi connectivity index (χ3n) is 4.83. The van der Waals surface area contributed by atoms with Crippen LogP contribution in [-0.4, -0.2) is 41.3 Å². The van der Waals surface area contributed by atoms with E-state index in [4.69, 9.17) is 4.74 Å². The van der Waals surface area contributed by atoms with E-state index in [1.807, 2.05) is 20.8 Å². The van der Waals surface area contributed by atoms with E-state index >= 15 is 0 Å². The van der Waals surface area contributed by atoms with Crippen molar-refractivity contribution in [2.24, 2.45) is 5.41 Å². The van der Waals surface area contributed by atoms with Crippen LogP contribution in [0, 0.1) is 17.0 Å². The molecule has 0 spiro atoms. The Kier molecular flexibility index (Phi) is 5.70. The van der Waals surface area contributed by atoms with Crippen molar-refractivity contribution in [1.82, 2.24) is 20.4 Å². The number of halogens is 2. The van der Waals surface area contributed by atoms with Gasteiger partial charge in [-0.3, -0.25) is 9.59 Å². The monoisotopic (exact) mass is 406 g/mol. The van der Waals surface area contributed by atoms with Gasteiger partial charge in [0, 0.05) is 25.1 Å². The lowest BCUT2D eigenvalue weighted by Crippen LogP contribution is -2.53. The summed E-state index contributed by atoms with van der Waals surface area (Å²) < 4.78 is 34.0. The van der Waals surface area contributed by atoms with E-state index in [-0.39, 0.29) is 18.2 Å². The molecule has 0 saturated heterocycles. The van der Waals surface area contributed by atoms with Gasteiger partial charge in [-0.1, -0.05) is 20.8 Å². The highest BCUT2D eigenvalue weighted by molar-refractivity contribution is 5.97. The first kappa shape index (κ1) is 20.9. The summed E-state index contributed by atoms with van der Waals surface area (Å²) in [6.07, 6.45) is 0.465. The maximum Gasteiger partial charge on any atom is 0.272 e. The molecule has 2 aromatic rings.